The molecule has 2 aromatic rings. The van der Waals surface area contributed by atoms with Crippen molar-refractivity contribution in [3.63, 3.8) is 0 Å². The van der Waals surface area contributed by atoms with Crippen LogP contribution in [0.4, 0.5) is 10.1 Å². The van der Waals surface area contributed by atoms with Crippen molar-refractivity contribution < 1.29 is 22.4 Å². The molecule has 0 aliphatic heterocycles. The molecule has 0 saturated carbocycles. The Bertz CT molecular complexity index is 1150. The van der Waals surface area contributed by atoms with Crippen molar-refractivity contribution in [2.45, 2.75) is 72.5 Å². The number of sulfonamides is 1. The fourth-order valence-electron chi connectivity index (χ4n) is 3.96. The zero-order valence-electron chi connectivity index (χ0n) is 22.0. The molecule has 0 saturated heterocycles. The predicted molar refractivity (Wildman–Crippen MR) is 142 cm³/mol. The number of carbonyl (C=O) groups excluding carboxylic acids is 2. The summed E-state index contributed by atoms with van der Waals surface area (Å²) in [5.41, 5.74) is 2.73. The van der Waals surface area contributed by atoms with E-state index in [4.69, 9.17) is 0 Å². The van der Waals surface area contributed by atoms with E-state index in [1.807, 2.05) is 33.8 Å². The highest BCUT2D eigenvalue weighted by Crippen LogP contribution is 2.22. The molecule has 0 spiro atoms. The molecule has 0 fully saturated rings. The minimum Gasteiger partial charge on any atom is -0.352 e. The molecule has 2 rings (SSSR count). The molecule has 0 bridgehead atoms. The summed E-state index contributed by atoms with van der Waals surface area (Å²) in [6.07, 6.45) is 2.12. The van der Waals surface area contributed by atoms with E-state index in [1.165, 1.54) is 15.3 Å². The molecule has 1 N–H and O–H groups in total. The number of anilines is 1. The Hall–Kier alpha value is -2.94. The van der Waals surface area contributed by atoms with E-state index < -0.39 is 21.9 Å². The van der Waals surface area contributed by atoms with Gasteiger partial charge in [-0.3, -0.25) is 13.9 Å². The molecule has 198 valence electrons. The van der Waals surface area contributed by atoms with Crippen molar-refractivity contribution in [2.24, 2.45) is 0 Å². The SMILES string of the molecule is CC[C@@H](C)NC(=O)[C@H](C)N(Cc1ccccc1F)C(=O)CCCN(c1cc(C)cc(C)c1)S(C)(=O)=O. The molecule has 0 aliphatic carbocycles. The number of nitrogens with zero attached hydrogens (tertiary/aromatic N) is 2. The third-order valence-electron chi connectivity index (χ3n) is 6.11. The van der Waals surface area contributed by atoms with Crippen molar-refractivity contribution in [2.75, 3.05) is 17.1 Å². The maximum absolute atomic E-state index is 14.4. The normalized spacial score (nSPS) is 13.1. The lowest BCUT2D eigenvalue weighted by Crippen LogP contribution is -2.49. The van der Waals surface area contributed by atoms with Gasteiger partial charge >= 0.3 is 0 Å². The van der Waals surface area contributed by atoms with Crippen molar-refractivity contribution in [1.29, 1.82) is 0 Å². The summed E-state index contributed by atoms with van der Waals surface area (Å²) in [6, 6.07) is 10.8. The lowest BCUT2D eigenvalue weighted by atomic mass is 10.1. The van der Waals surface area contributed by atoms with Crippen LogP contribution in [0.2, 0.25) is 0 Å². The molecule has 0 aliphatic rings. The van der Waals surface area contributed by atoms with E-state index in [1.54, 1.807) is 37.3 Å². The average molecular weight is 520 g/mol. The van der Waals surface area contributed by atoms with E-state index in [0.717, 1.165) is 23.8 Å². The second-order valence-corrected chi connectivity index (χ2v) is 11.3. The minimum absolute atomic E-state index is 0.00617. The van der Waals surface area contributed by atoms with Gasteiger partial charge in [0.15, 0.2) is 0 Å². The zero-order valence-corrected chi connectivity index (χ0v) is 22.9. The first-order chi connectivity index (χ1) is 16.8. The van der Waals surface area contributed by atoms with E-state index >= 15 is 0 Å². The number of carbonyl (C=O) groups is 2. The first-order valence-corrected chi connectivity index (χ1v) is 14.1. The van der Waals surface area contributed by atoms with Crippen LogP contribution >= 0.6 is 0 Å². The third-order valence-corrected chi connectivity index (χ3v) is 7.31. The van der Waals surface area contributed by atoms with E-state index in [9.17, 15) is 22.4 Å². The Kier molecular flexibility index (Phi) is 10.5. The Labute approximate surface area is 214 Å². The largest absolute Gasteiger partial charge is 0.352 e. The summed E-state index contributed by atoms with van der Waals surface area (Å²) in [5.74, 6) is -1.12. The highest BCUT2D eigenvalue weighted by molar-refractivity contribution is 7.92. The summed E-state index contributed by atoms with van der Waals surface area (Å²) < 4.78 is 40.7. The van der Waals surface area contributed by atoms with Gasteiger partial charge in [-0.05, 0) is 69.9 Å². The van der Waals surface area contributed by atoms with E-state index in [0.29, 0.717) is 11.3 Å². The fraction of sp³-hybridized carbons (Fsp3) is 0.481. The minimum atomic E-state index is -3.58. The summed E-state index contributed by atoms with van der Waals surface area (Å²) in [7, 11) is -3.58. The molecule has 0 unspecified atom stereocenters. The van der Waals surface area contributed by atoms with Gasteiger partial charge in [0.2, 0.25) is 21.8 Å². The molecule has 7 nitrogen and oxygen atoms in total. The van der Waals surface area contributed by atoms with Gasteiger partial charge in [-0.2, -0.15) is 0 Å². The molecule has 2 aromatic carbocycles. The predicted octanol–water partition coefficient (Wildman–Crippen LogP) is 4.32. The summed E-state index contributed by atoms with van der Waals surface area (Å²) in [5, 5.41) is 2.88. The van der Waals surface area contributed by atoms with Crippen LogP contribution in [0, 0.1) is 19.7 Å². The van der Waals surface area contributed by atoms with Crippen LogP contribution in [0.15, 0.2) is 42.5 Å². The van der Waals surface area contributed by atoms with Gasteiger partial charge in [-0.1, -0.05) is 31.2 Å². The third kappa shape index (κ3) is 8.33. The molecule has 2 amide bonds. The second-order valence-electron chi connectivity index (χ2n) is 9.39. The van der Waals surface area contributed by atoms with Crippen molar-refractivity contribution in [1.82, 2.24) is 10.2 Å². The van der Waals surface area contributed by atoms with Crippen LogP contribution in [-0.2, 0) is 26.2 Å². The number of aryl methyl sites for hydroxylation is 2. The molecule has 9 heteroatoms. The van der Waals surface area contributed by atoms with Crippen LogP contribution in [0.1, 0.15) is 56.7 Å². The van der Waals surface area contributed by atoms with Gasteiger partial charge in [-0.25, -0.2) is 12.8 Å². The number of hydrogen-bond donors (Lipinski definition) is 1. The number of halogens is 1. The lowest BCUT2D eigenvalue weighted by Gasteiger charge is -2.30. The number of amides is 2. The van der Waals surface area contributed by atoms with Gasteiger partial charge in [0.1, 0.15) is 11.9 Å². The van der Waals surface area contributed by atoms with Crippen LogP contribution < -0.4 is 9.62 Å². The molecular formula is C27H38FN3O4S. The molecule has 36 heavy (non-hydrogen) atoms. The first-order valence-electron chi connectivity index (χ1n) is 12.2. The summed E-state index contributed by atoms with van der Waals surface area (Å²) >= 11 is 0. The van der Waals surface area contributed by atoms with Crippen molar-refractivity contribution in [3.8, 4) is 0 Å². The van der Waals surface area contributed by atoms with Crippen molar-refractivity contribution >= 4 is 27.5 Å². The maximum atomic E-state index is 14.4. The number of hydrogen-bond acceptors (Lipinski definition) is 4. The highest BCUT2D eigenvalue weighted by Gasteiger charge is 2.28. The van der Waals surface area contributed by atoms with Crippen LogP contribution in [0.25, 0.3) is 0 Å². The Morgan fingerprint density at radius 1 is 1.06 bits per heavy atom. The van der Waals surface area contributed by atoms with Gasteiger partial charge in [0.05, 0.1) is 11.9 Å². The van der Waals surface area contributed by atoms with Gasteiger partial charge in [0.25, 0.3) is 0 Å². The Balaban J connectivity index is 2.21. The summed E-state index contributed by atoms with van der Waals surface area (Å²) in [6.45, 7) is 9.28. The van der Waals surface area contributed by atoms with E-state index in [2.05, 4.69) is 5.32 Å². The number of nitrogens with one attached hydrogen (secondary N) is 1. The van der Waals surface area contributed by atoms with Crippen molar-refractivity contribution in [3.05, 3.63) is 65.0 Å². The first kappa shape index (κ1) is 29.3. The quantitative estimate of drug-likeness (QED) is 0.453. The average Bonchev–Trinajstić information content (AvgIpc) is 2.79. The van der Waals surface area contributed by atoms with Crippen LogP contribution in [0.3, 0.4) is 0 Å². The topological polar surface area (TPSA) is 86.8 Å². The zero-order chi connectivity index (χ0) is 27.0. The second kappa shape index (κ2) is 12.9. The van der Waals surface area contributed by atoms with Gasteiger partial charge < -0.3 is 10.2 Å². The standard InChI is InChI=1S/C27H38FN3O4S/c1-7-21(4)29-27(33)22(5)30(18-23-11-8-9-12-25(23)28)26(32)13-10-14-31(36(6,34)35)24-16-19(2)15-20(3)17-24/h8-9,11-12,15-17,21-22H,7,10,13-14,18H2,1-6H3,(H,29,33)/t21-,22+/m1/s1. The Morgan fingerprint density at radius 2 is 1.67 bits per heavy atom. The Morgan fingerprint density at radius 3 is 2.22 bits per heavy atom. The molecule has 0 aromatic heterocycles. The fourth-order valence-corrected chi connectivity index (χ4v) is 4.91. The molecule has 0 radical (unpaired) electrons. The van der Waals surface area contributed by atoms with Crippen LogP contribution in [-0.4, -0.2) is 50.0 Å². The maximum Gasteiger partial charge on any atom is 0.242 e. The molecule has 0 heterocycles. The smallest absolute Gasteiger partial charge is 0.242 e. The number of benzene rings is 2. The highest BCUT2D eigenvalue weighted by atomic mass is 32.2. The lowest BCUT2D eigenvalue weighted by molar-refractivity contribution is -0.141. The van der Waals surface area contributed by atoms with Gasteiger partial charge in [-0.15, -0.1) is 0 Å². The molecular weight excluding hydrogens is 481 g/mol. The van der Waals surface area contributed by atoms with Crippen LogP contribution in [0.5, 0.6) is 0 Å². The monoisotopic (exact) mass is 519 g/mol. The van der Waals surface area contributed by atoms with Gasteiger partial charge in [0, 0.05) is 31.1 Å². The van der Waals surface area contributed by atoms with E-state index in [-0.39, 0.29) is 43.8 Å². The number of rotatable bonds is 12. The molecule has 2 atom stereocenters. The summed E-state index contributed by atoms with van der Waals surface area (Å²) in [4.78, 5) is 27.5.